The van der Waals surface area contributed by atoms with Crippen molar-refractivity contribution in [1.82, 2.24) is 9.97 Å². The number of carbonyl (C=O) groups is 1. The molecule has 0 aliphatic carbocycles. The van der Waals surface area contributed by atoms with Gasteiger partial charge in [0, 0.05) is 23.8 Å². The van der Waals surface area contributed by atoms with Gasteiger partial charge in [0.2, 0.25) is 0 Å². The summed E-state index contributed by atoms with van der Waals surface area (Å²) in [6, 6.07) is 4.94. The van der Waals surface area contributed by atoms with E-state index in [-0.39, 0.29) is 6.04 Å². The Balaban J connectivity index is 2.31. The van der Waals surface area contributed by atoms with Crippen LogP contribution in [-0.2, 0) is 0 Å². The number of rotatable bonds is 5. The van der Waals surface area contributed by atoms with Gasteiger partial charge >= 0.3 is 0 Å². The molecule has 0 aliphatic heterocycles. The number of imidazole rings is 1. The Bertz CT molecular complexity index is 564. The van der Waals surface area contributed by atoms with Crippen LogP contribution in [0, 0.1) is 0 Å². The molecule has 1 unspecified atom stereocenters. The maximum atomic E-state index is 11.4. The first-order chi connectivity index (χ1) is 9.11. The number of benzene rings is 1. The highest BCUT2D eigenvalue weighted by molar-refractivity contribution is 5.99. The summed E-state index contributed by atoms with van der Waals surface area (Å²) in [5.74, 6) is 0.317. The fourth-order valence-electron chi connectivity index (χ4n) is 1.92. The zero-order valence-electron chi connectivity index (χ0n) is 10.7. The average molecular weight is 259 g/mol. The molecule has 100 valence electrons. The zero-order chi connectivity index (χ0) is 13.8. The van der Waals surface area contributed by atoms with Gasteiger partial charge in [0.05, 0.1) is 11.6 Å². The third-order valence-electron chi connectivity index (χ3n) is 2.90. The van der Waals surface area contributed by atoms with Crippen molar-refractivity contribution in [2.45, 2.75) is 19.4 Å². The number of aromatic nitrogens is 2. The van der Waals surface area contributed by atoms with E-state index in [9.17, 15) is 4.79 Å². The summed E-state index contributed by atoms with van der Waals surface area (Å²) in [6.45, 7) is 2.02. The Labute approximate surface area is 111 Å². The average Bonchev–Trinajstić information content (AvgIpc) is 2.89. The minimum absolute atomic E-state index is 0.0325. The first kappa shape index (κ1) is 12.9. The monoisotopic (exact) mass is 259 g/mol. The number of H-pyrrole nitrogens is 1. The Morgan fingerprint density at radius 1 is 1.53 bits per heavy atom. The molecule has 0 saturated carbocycles. The molecular weight excluding hydrogens is 242 g/mol. The minimum Gasteiger partial charge on any atom is -0.399 e. The summed E-state index contributed by atoms with van der Waals surface area (Å²) in [5, 5.41) is 3.25. The summed E-state index contributed by atoms with van der Waals surface area (Å²) >= 11 is 0. The molecule has 1 aromatic heterocycles. The van der Waals surface area contributed by atoms with E-state index < -0.39 is 5.91 Å². The van der Waals surface area contributed by atoms with Gasteiger partial charge < -0.3 is 21.8 Å². The molecule has 1 heterocycles. The first-order valence-electron chi connectivity index (χ1n) is 6.07. The van der Waals surface area contributed by atoms with Gasteiger partial charge in [0.1, 0.15) is 5.82 Å². The lowest BCUT2D eigenvalue weighted by Gasteiger charge is -2.18. The quantitative estimate of drug-likeness (QED) is 0.612. The molecule has 1 atom stereocenters. The number of hydrogen-bond donors (Lipinski definition) is 4. The molecule has 6 nitrogen and oxygen atoms in total. The Morgan fingerprint density at radius 2 is 2.32 bits per heavy atom. The number of nitrogen functional groups attached to an aromatic ring is 1. The molecule has 0 spiro atoms. The second kappa shape index (κ2) is 5.43. The summed E-state index contributed by atoms with van der Waals surface area (Å²) in [5.41, 5.74) is 12.7. The molecule has 6 N–H and O–H groups in total. The maximum Gasteiger partial charge on any atom is 0.250 e. The lowest BCUT2D eigenvalue weighted by atomic mass is 10.1. The molecule has 0 bridgehead atoms. The van der Waals surface area contributed by atoms with Crippen molar-refractivity contribution in [3.05, 3.63) is 42.0 Å². The van der Waals surface area contributed by atoms with Gasteiger partial charge in [-0.1, -0.05) is 6.92 Å². The van der Waals surface area contributed by atoms with Crippen LogP contribution in [-0.4, -0.2) is 15.9 Å². The number of carbonyl (C=O) groups excluding carboxylic acids is 1. The van der Waals surface area contributed by atoms with Crippen molar-refractivity contribution in [3.63, 3.8) is 0 Å². The number of hydrogen-bond acceptors (Lipinski definition) is 4. The molecular formula is C13H17N5O. The molecule has 1 aromatic carbocycles. The molecule has 0 saturated heterocycles. The molecule has 1 amide bonds. The molecule has 19 heavy (non-hydrogen) atoms. The summed E-state index contributed by atoms with van der Waals surface area (Å²) in [6.07, 6.45) is 4.25. The number of primary amides is 1. The largest absolute Gasteiger partial charge is 0.399 e. The predicted molar refractivity (Wildman–Crippen MR) is 74.6 cm³/mol. The van der Waals surface area contributed by atoms with Gasteiger partial charge in [-0.2, -0.15) is 0 Å². The van der Waals surface area contributed by atoms with Crippen molar-refractivity contribution < 1.29 is 4.79 Å². The van der Waals surface area contributed by atoms with E-state index in [1.54, 1.807) is 30.6 Å². The molecule has 2 aromatic rings. The highest BCUT2D eigenvalue weighted by Crippen LogP contribution is 2.25. The minimum atomic E-state index is -0.489. The molecule has 6 heteroatoms. The van der Waals surface area contributed by atoms with E-state index in [0.29, 0.717) is 16.9 Å². The van der Waals surface area contributed by atoms with Gasteiger partial charge in [0.25, 0.3) is 5.91 Å². The Kier molecular flexibility index (Phi) is 3.70. The molecule has 0 aliphatic rings. The lowest BCUT2D eigenvalue weighted by Crippen LogP contribution is -2.18. The van der Waals surface area contributed by atoms with Gasteiger partial charge in [-0.3, -0.25) is 4.79 Å². The van der Waals surface area contributed by atoms with Crippen LogP contribution in [0.5, 0.6) is 0 Å². The van der Waals surface area contributed by atoms with Crippen molar-refractivity contribution >= 4 is 17.3 Å². The van der Waals surface area contributed by atoms with Gasteiger partial charge in [-0.25, -0.2) is 4.98 Å². The van der Waals surface area contributed by atoms with Gasteiger partial charge in [-0.15, -0.1) is 0 Å². The molecule has 0 radical (unpaired) electrons. The highest BCUT2D eigenvalue weighted by atomic mass is 16.1. The van der Waals surface area contributed by atoms with Crippen LogP contribution < -0.4 is 16.8 Å². The number of nitrogens with zero attached hydrogens (tertiary/aromatic N) is 1. The Morgan fingerprint density at radius 3 is 2.89 bits per heavy atom. The topological polar surface area (TPSA) is 110 Å². The van der Waals surface area contributed by atoms with E-state index in [0.717, 1.165) is 12.2 Å². The van der Waals surface area contributed by atoms with Crippen LogP contribution in [0.3, 0.4) is 0 Å². The fourth-order valence-corrected chi connectivity index (χ4v) is 1.92. The highest BCUT2D eigenvalue weighted by Gasteiger charge is 2.15. The van der Waals surface area contributed by atoms with E-state index in [1.165, 1.54) is 0 Å². The number of anilines is 2. The van der Waals surface area contributed by atoms with Crippen molar-refractivity contribution in [1.29, 1.82) is 0 Å². The van der Waals surface area contributed by atoms with E-state index in [2.05, 4.69) is 15.3 Å². The second-order valence-corrected chi connectivity index (χ2v) is 4.25. The van der Waals surface area contributed by atoms with Crippen LogP contribution in [0.15, 0.2) is 30.6 Å². The van der Waals surface area contributed by atoms with Crippen molar-refractivity contribution in [2.75, 3.05) is 11.1 Å². The summed E-state index contributed by atoms with van der Waals surface area (Å²) in [4.78, 5) is 18.7. The van der Waals surface area contributed by atoms with Crippen molar-refractivity contribution in [2.24, 2.45) is 5.73 Å². The number of nitrogens with two attached hydrogens (primary N) is 2. The number of amides is 1. The van der Waals surface area contributed by atoms with E-state index in [4.69, 9.17) is 11.5 Å². The van der Waals surface area contributed by atoms with Crippen LogP contribution >= 0.6 is 0 Å². The predicted octanol–water partition coefficient (Wildman–Crippen LogP) is 1.65. The SMILES string of the molecule is CCC(Nc1cc(N)ccc1C(N)=O)c1ncc[nH]1. The molecule has 2 rings (SSSR count). The number of aromatic amines is 1. The fraction of sp³-hybridized carbons (Fsp3) is 0.231. The van der Waals surface area contributed by atoms with Crippen LogP contribution in [0.25, 0.3) is 0 Å². The smallest absolute Gasteiger partial charge is 0.250 e. The van der Waals surface area contributed by atoms with Crippen molar-refractivity contribution in [3.8, 4) is 0 Å². The number of nitrogens with one attached hydrogen (secondary N) is 2. The first-order valence-corrected chi connectivity index (χ1v) is 6.07. The molecule has 0 fully saturated rings. The van der Waals surface area contributed by atoms with Crippen LogP contribution in [0.1, 0.15) is 35.6 Å². The standard InChI is InChI=1S/C13H17N5O/c1-2-10(13-16-5-6-17-13)18-11-7-8(14)3-4-9(11)12(15)19/h3-7,10,18H,2,14H2,1H3,(H2,15,19)(H,16,17). The normalized spacial score (nSPS) is 12.1. The van der Waals surface area contributed by atoms with Crippen LogP contribution in [0.2, 0.25) is 0 Å². The summed E-state index contributed by atoms with van der Waals surface area (Å²) < 4.78 is 0. The third kappa shape index (κ3) is 2.85. The van der Waals surface area contributed by atoms with Gasteiger partial charge in [-0.05, 0) is 24.6 Å². The van der Waals surface area contributed by atoms with Gasteiger partial charge in [0.15, 0.2) is 0 Å². The van der Waals surface area contributed by atoms with Crippen LogP contribution in [0.4, 0.5) is 11.4 Å². The lowest BCUT2D eigenvalue weighted by molar-refractivity contribution is 0.100. The Hall–Kier alpha value is -2.50. The summed E-state index contributed by atoms with van der Waals surface area (Å²) in [7, 11) is 0. The maximum absolute atomic E-state index is 11.4. The third-order valence-corrected chi connectivity index (χ3v) is 2.90. The zero-order valence-corrected chi connectivity index (χ0v) is 10.7. The second-order valence-electron chi connectivity index (χ2n) is 4.25. The van der Waals surface area contributed by atoms with E-state index >= 15 is 0 Å². The van der Waals surface area contributed by atoms with E-state index in [1.807, 2.05) is 6.92 Å².